The van der Waals surface area contributed by atoms with E-state index in [1.807, 2.05) is 62.4 Å². The van der Waals surface area contributed by atoms with Crippen molar-refractivity contribution in [3.05, 3.63) is 65.5 Å². The van der Waals surface area contributed by atoms with Crippen LogP contribution in [0, 0.1) is 12.3 Å². The van der Waals surface area contributed by atoms with Crippen molar-refractivity contribution in [1.29, 1.82) is 5.41 Å². The first-order valence-corrected chi connectivity index (χ1v) is 8.35. The van der Waals surface area contributed by atoms with Crippen molar-refractivity contribution >= 4 is 23.4 Å². The predicted molar refractivity (Wildman–Crippen MR) is 107 cm³/mol. The fourth-order valence-corrected chi connectivity index (χ4v) is 2.70. The largest absolute Gasteiger partial charge is 0.398 e. The number of rotatable bonds is 5. The number of nitrogens with one attached hydrogen (secondary N) is 2. The third-order valence-electron chi connectivity index (χ3n) is 4.04. The van der Waals surface area contributed by atoms with Crippen LogP contribution in [0.2, 0.25) is 0 Å². The van der Waals surface area contributed by atoms with Crippen molar-refractivity contribution in [2.45, 2.75) is 19.9 Å². The molecule has 0 fully saturated rings. The minimum absolute atomic E-state index is 0.151. The molecular formula is C20H22N6. The Morgan fingerprint density at radius 2 is 1.88 bits per heavy atom. The second kappa shape index (κ2) is 7.33. The standard InChI is InChI=1S/C20H22N6/c1-12-5-3-8-20(24-12)26-19-10-14(9-16(23)15(19)11-21)18-7-4-6-17(25-18)13(2)22/h3-11,13,21H,22-23H2,1-2H3,(H,24,26). The van der Waals surface area contributed by atoms with E-state index in [1.54, 1.807) is 0 Å². The smallest absolute Gasteiger partial charge is 0.130 e. The second-order valence-electron chi connectivity index (χ2n) is 6.20. The van der Waals surface area contributed by atoms with Gasteiger partial charge in [0.25, 0.3) is 0 Å². The third-order valence-corrected chi connectivity index (χ3v) is 4.04. The summed E-state index contributed by atoms with van der Waals surface area (Å²) in [6, 6.07) is 15.1. The highest BCUT2D eigenvalue weighted by Gasteiger charge is 2.11. The number of benzene rings is 1. The molecule has 3 rings (SSSR count). The van der Waals surface area contributed by atoms with E-state index < -0.39 is 0 Å². The molecule has 1 unspecified atom stereocenters. The van der Waals surface area contributed by atoms with Crippen molar-refractivity contribution in [2.75, 3.05) is 11.1 Å². The van der Waals surface area contributed by atoms with Crippen LogP contribution in [0.1, 0.15) is 29.9 Å². The van der Waals surface area contributed by atoms with Gasteiger partial charge in [-0.2, -0.15) is 0 Å². The Hall–Kier alpha value is -3.25. The fraction of sp³-hybridized carbons (Fsp3) is 0.150. The zero-order valence-electron chi connectivity index (χ0n) is 14.8. The fourth-order valence-electron chi connectivity index (χ4n) is 2.70. The van der Waals surface area contributed by atoms with Gasteiger partial charge in [0.2, 0.25) is 0 Å². The monoisotopic (exact) mass is 346 g/mol. The maximum atomic E-state index is 7.70. The van der Waals surface area contributed by atoms with Gasteiger partial charge in [0.1, 0.15) is 5.82 Å². The van der Waals surface area contributed by atoms with E-state index in [0.717, 1.165) is 22.6 Å². The van der Waals surface area contributed by atoms with E-state index in [2.05, 4.69) is 15.3 Å². The van der Waals surface area contributed by atoms with E-state index in [0.29, 0.717) is 22.8 Å². The number of nitrogen functional groups attached to an aromatic ring is 1. The number of hydrogen-bond donors (Lipinski definition) is 4. The lowest BCUT2D eigenvalue weighted by atomic mass is 10.0. The molecule has 6 nitrogen and oxygen atoms in total. The van der Waals surface area contributed by atoms with Gasteiger partial charge < -0.3 is 22.2 Å². The van der Waals surface area contributed by atoms with Gasteiger partial charge in [-0.05, 0) is 50.2 Å². The summed E-state index contributed by atoms with van der Waals surface area (Å²) < 4.78 is 0. The number of aromatic nitrogens is 2. The summed E-state index contributed by atoms with van der Waals surface area (Å²) in [5, 5.41) is 11.0. The molecule has 0 bridgehead atoms. The van der Waals surface area contributed by atoms with Gasteiger partial charge in [-0.3, -0.25) is 4.98 Å². The molecule has 1 atom stereocenters. The minimum atomic E-state index is -0.151. The van der Waals surface area contributed by atoms with Gasteiger partial charge >= 0.3 is 0 Å². The van der Waals surface area contributed by atoms with E-state index in [-0.39, 0.29) is 6.04 Å². The van der Waals surface area contributed by atoms with Crippen molar-refractivity contribution < 1.29 is 0 Å². The summed E-state index contributed by atoms with van der Waals surface area (Å²) >= 11 is 0. The van der Waals surface area contributed by atoms with Crippen molar-refractivity contribution in [3.8, 4) is 11.3 Å². The number of pyridine rings is 2. The van der Waals surface area contributed by atoms with Crippen LogP contribution >= 0.6 is 0 Å². The normalized spacial score (nSPS) is 11.8. The van der Waals surface area contributed by atoms with E-state index in [1.165, 1.54) is 6.21 Å². The van der Waals surface area contributed by atoms with Gasteiger partial charge in [0, 0.05) is 34.8 Å². The summed E-state index contributed by atoms with van der Waals surface area (Å²) in [6.07, 6.45) is 1.24. The molecule has 2 aromatic heterocycles. The van der Waals surface area contributed by atoms with Crippen LogP contribution in [0.5, 0.6) is 0 Å². The van der Waals surface area contributed by atoms with E-state index in [9.17, 15) is 0 Å². The van der Waals surface area contributed by atoms with Crippen LogP contribution in [-0.4, -0.2) is 16.2 Å². The summed E-state index contributed by atoms with van der Waals surface area (Å²) in [7, 11) is 0. The molecule has 0 saturated heterocycles. The molecule has 0 aliphatic rings. The molecule has 6 N–H and O–H groups in total. The first kappa shape index (κ1) is 17.6. The lowest BCUT2D eigenvalue weighted by Crippen LogP contribution is -2.07. The summed E-state index contributed by atoms with van der Waals surface area (Å²) in [4.78, 5) is 9.07. The van der Waals surface area contributed by atoms with Gasteiger partial charge in [0.15, 0.2) is 0 Å². The Bertz CT molecular complexity index is 949. The van der Waals surface area contributed by atoms with Crippen LogP contribution < -0.4 is 16.8 Å². The first-order chi connectivity index (χ1) is 12.5. The Labute approximate surface area is 152 Å². The number of nitrogens with two attached hydrogens (primary N) is 2. The summed E-state index contributed by atoms with van der Waals surface area (Å²) in [6.45, 7) is 3.83. The van der Waals surface area contributed by atoms with Gasteiger partial charge in [-0.1, -0.05) is 12.1 Å². The molecule has 0 aliphatic carbocycles. The molecule has 26 heavy (non-hydrogen) atoms. The number of anilines is 3. The van der Waals surface area contributed by atoms with Crippen molar-refractivity contribution in [2.24, 2.45) is 5.73 Å². The molecular weight excluding hydrogens is 324 g/mol. The number of nitrogens with zero attached hydrogens (tertiary/aromatic N) is 2. The number of hydrogen-bond acceptors (Lipinski definition) is 6. The second-order valence-corrected chi connectivity index (χ2v) is 6.20. The first-order valence-electron chi connectivity index (χ1n) is 8.35. The highest BCUT2D eigenvalue weighted by Crippen LogP contribution is 2.31. The van der Waals surface area contributed by atoms with Gasteiger partial charge in [-0.25, -0.2) is 4.98 Å². The molecule has 2 heterocycles. The van der Waals surface area contributed by atoms with Crippen LogP contribution in [0.3, 0.4) is 0 Å². The highest BCUT2D eigenvalue weighted by atomic mass is 15.0. The minimum Gasteiger partial charge on any atom is -0.398 e. The molecule has 0 amide bonds. The van der Waals surface area contributed by atoms with E-state index in [4.69, 9.17) is 16.9 Å². The van der Waals surface area contributed by atoms with Gasteiger partial charge in [-0.15, -0.1) is 0 Å². The lowest BCUT2D eigenvalue weighted by molar-refractivity contribution is 0.782. The lowest BCUT2D eigenvalue weighted by Gasteiger charge is -2.14. The molecule has 0 aliphatic heterocycles. The maximum Gasteiger partial charge on any atom is 0.130 e. The summed E-state index contributed by atoms with van der Waals surface area (Å²) in [5.41, 5.74) is 17.3. The molecule has 1 aromatic carbocycles. The molecule has 3 aromatic rings. The molecule has 132 valence electrons. The number of aryl methyl sites for hydroxylation is 1. The maximum absolute atomic E-state index is 7.70. The Balaban J connectivity index is 2.07. The highest BCUT2D eigenvalue weighted by molar-refractivity contribution is 5.96. The topological polar surface area (TPSA) is 114 Å². The van der Waals surface area contributed by atoms with Crippen LogP contribution in [-0.2, 0) is 0 Å². The quantitative estimate of drug-likeness (QED) is 0.414. The van der Waals surface area contributed by atoms with Crippen LogP contribution in [0.4, 0.5) is 17.2 Å². The molecule has 6 heteroatoms. The van der Waals surface area contributed by atoms with Crippen molar-refractivity contribution in [1.82, 2.24) is 9.97 Å². The Morgan fingerprint density at radius 3 is 2.58 bits per heavy atom. The molecule has 0 spiro atoms. The van der Waals surface area contributed by atoms with Crippen molar-refractivity contribution in [3.63, 3.8) is 0 Å². The average Bonchev–Trinajstić information content (AvgIpc) is 2.61. The van der Waals surface area contributed by atoms with Gasteiger partial charge in [0.05, 0.1) is 17.1 Å². The Morgan fingerprint density at radius 1 is 1.12 bits per heavy atom. The van der Waals surface area contributed by atoms with E-state index >= 15 is 0 Å². The van der Waals surface area contributed by atoms with Crippen LogP contribution in [0.25, 0.3) is 11.3 Å². The SMILES string of the molecule is Cc1cccc(Nc2cc(-c3cccc(C(C)N)n3)cc(N)c2C=N)n1. The zero-order chi connectivity index (χ0) is 18.7. The van der Waals surface area contributed by atoms with Crippen LogP contribution in [0.15, 0.2) is 48.5 Å². The predicted octanol–water partition coefficient (Wildman–Crippen LogP) is 3.80. The third kappa shape index (κ3) is 3.70. The average molecular weight is 346 g/mol. The molecule has 0 radical (unpaired) electrons. The summed E-state index contributed by atoms with van der Waals surface area (Å²) in [5.74, 6) is 0.696. The molecule has 0 saturated carbocycles. The Kier molecular flexibility index (Phi) is 4.95. The zero-order valence-corrected chi connectivity index (χ0v) is 14.8.